The van der Waals surface area contributed by atoms with Crippen LogP contribution in [0.2, 0.25) is 0 Å². The molecule has 3 N–H and O–H groups in total. The minimum absolute atomic E-state index is 0.224. The number of rotatable bonds is 5. The average Bonchev–Trinajstić information content (AvgIpc) is 3.07. The molecule has 28 heavy (non-hydrogen) atoms. The highest BCUT2D eigenvalue weighted by Crippen LogP contribution is 2.26. The van der Waals surface area contributed by atoms with E-state index in [9.17, 15) is 18.8 Å². The highest BCUT2D eigenvalue weighted by molar-refractivity contribution is 6.03. The number of anilines is 1. The number of urea groups is 1. The minimum Gasteiger partial charge on any atom is -0.352 e. The number of primary amides is 1. The highest BCUT2D eigenvalue weighted by atomic mass is 19.1. The lowest BCUT2D eigenvalue weighted by Crippen LogP contribution is -2.43. The SMILES string of the molecule is CN(C(=O)c1ccc(CNC(N)=O)cc1)C1CCN(c2ccccc2F)C1=O. The molecule has 1 aliphatic rings. The van der Waals surface area contributed by atoms with Gasteiger partial charge in [0.1, 0.15) is 11.9 Å². The fourth-order valence-electron chi connectivity index (χ4n) is 3.23. The summed E-state index contributed by atoms with van der Waals surface area (Å²) in [6.07, 6.45) is 0.427. The predicted octanol–water partition coefficient (Wildman–Crippen LogP) is 1.87. The number of amides is 4. The summed E-state index contributed by atoms with van der Waals surface area (Å²) in [5.74, 6) is -1.07. The van der Waals surface area contributed by atoms with Gasteiger partial charge in [0, 0.05) is 25.7 Å². The number of nitrogens with zero attached hydrogens (tertiary/aromatic N) is 2. The minimum atomic E-state index is -0.650. The van der Waals surface area contributed by atoms with Gasteiger partial charge in [-0.05, 0) is 36.2 Å². The number of carbonyl (C=O) groups is 3. The molecule has 0 aromatic heterocycles. The summed E-state index contributed by atoms with van der Waals surface area (Å²) in [5, 5.41) is 2.47. The van der Waals surface area contributed by atoms with Crippen molar-refractivity contribution in [3.05, 3.63) is 65.5 Å². The molecular weight excluding hydrogens is 363 g/mol. The van der Waals surface area contributed by atoms with E-state index in [0.29, 0.717) is 18.5 Å². The molecule has 1 saturated heterocycles. The van der Waals surface area contributed by atoms with Crippen molar-refractivity contribution in [3.63, 3.8) is 0 Å². The van der Waals surface area contributed by atoms with E-state index in [1.165, 1.54) is 15.9 Å². The molecule has 8 heteroatoms. The third-order valence-electron chi connectivity index (χ3n) is 4.78. The highest BCUT2D eigenvalue weighted by Gasteiger charge is 2.38. The van der Waals surface area contributed by atoms with Crippen molar-refractivity contribution in [3.8, 4) is 0 Å². The molecule has 1 heterocycles. The third kappa shape index (κ3) is 3.95. The van der Waals surface area contributed by atoms with E-state index in [4.69, 9.17) is 5.73 Å². The van der Waals surface area contributed by atoms with Gasteiger partial charge in [0.2, 0.25) is 5.91 Å². The molecule has 4 amide bonds. The second-order valence-corrected chi connectivity index (χ2v) is 6.58. The van der Waals surface area contributed by atoms with E-state index < -0.39 is 17.9 Å². The molecule has 0 radical (unpaired) electrons. The molecule has 0 bridgehead atoms. The lowest BCUT2D eigenvalue weighted by Gasteiger charge is -2.24. The zero-order valence-electron chi connectivity index (χ0n) is 15.4. The molecule has 0 saturated carbocycles. The number of carbonyl (C=O) groups excluding carboxylic acids is 3. The molecule has 146 valence electrons. The van der Waals surface area contributed by atoms with Gasteiger partial charge in [-0.1, -0.05) is 24.3 Å². The lowest BCUT2D eigenvalue weighted by molar-refractivity contribution is -0.120. The second-order valence-electron chi connectivity index (χ2n) is 6.58. The average molecular weight is 384 g/mol. The molecule has 1 aliphatic heterocycles. The monoisotopic (exact) mass is 384 g/mol. The van der Waals surface area contributed by atoms with Crippen molar-refractivity contribution >= 4 is 23.5 Å². The van der Waals surface area contributed by atoms with E-state index in [1.807, 2.05) is 0 Å². The van der Waals surface area contributed by atoms with Gasteiger partial charge in [0.25, 0.3) is 5.91 Å². The quantitative estimate of drug-likeness (QED) is 0.824. The van der Waals surface area contributed by atoms with E-state index in [2.05, 4.69) is 5.32 Å². The van der Waals surface area contributed by atoms with Gasteiger partial charge in [-0.2, -0.15) is 0 Å². The number of likely N-dealkylation sites (N-methyl/N-ethyl adjacent to an activating group) is 1. The summed E-state index contributed by atoms with van der Waals surface area (Å²) in [5.41, 5.74) is 6.47. The van der Waals surface area contributed by atoms with Gasteiger partial charge >= 0.3 is 6.03 Å². The maximum atomic E-state index is 14.0. The Balaban J connectivity index is 1.69. The Hall–Kier alpha value is -3.42. The first-order valence-corrected chi connectivity index (χ1v) is 8.84. The van der Waals surface area contributed by atoms with Crippen LogP contribution in [0.3, 0.4) is 0 Å². The largest absolute Gasteiger partial charge is 0.352 e. The maximum Gasteiger partial charge on any atom is 0.312 e. The fourth-order valence-corrected chi connectivity index (χ4v) is 3.23. The van der Waals surface area contributed by atoms with Crippen LogP contribution in [0.4, 0.5) is 14.9 Å². The van der Waals surface area contributed by atoms with E-state index in [-0.39, 0.29) is 24.0 Å². The molecule has 3 rings (SSSR count). The third-order valence-corrected chi connectivity index (χ3v) is 4.78. The summed E-state index contributed by atoms with van der Waals surface area (Å²) in [7, 11) is 1.57. The summed E-state index contributed by atoms with van der Waals surface area (Å²) >= 11 is 0. The first-order valence-electron chi connectivity index (χ1n) is 8.84. The van der Waals surface area contributed by atoms with Crippen LogP contribution in [0.1, 0.15) is 22.3 Å². The summed E-state index contributed by atoms with van der Waals surface area (Å²) < 4.78 is 14.0. The van der Waals surface area contributed by atoms with Crippen molar-refractivity contribution in [1.29, 1.82) is 0 Å². The molecule has 2 aromatic carbocycles. The molecule has 1 atom stereocenters. The molecule has 1 unspecified atom stereocenters. The van der Waals surface area contributed by atoms with Gasteiger partial charge in [-0.3, -0.25) is 9.59 Å². The van der Waals surface area contributed by atoms with Gasteiger partial charge in [0.15, 0.2) is 0 Å². The zero-order valence-corrected chi connectivity index (χ0v) is 15.4. The molecule has 1 fully saturated rings. The lowest BCUT2D eigenvalue weighted by atomic mass is 10.1. The van der Waals surface area contributed by atoms with Crippen molar-refractivity contribution in [2.24, 2.45) is 5.73 Å². The van der Waals surface area contributed by atoms with E-state index in [0.717, 1.165) is 5.56 Å². The number of nitrogens with two attached hydrogens (primary N) is 1. The van der Waals surface area contributed by atoms with Crippen LogP contribution in [0.5, 0.6) is 0 Å². The van der Waals surface area contributed by atoms with Crippen LogP contribution in [-0.4, -0.2) is 42.4 Å². The van der Waals surface area contributed by atoms with Crippen molar-refractivity contribution < 1.29 is 18.8 Å². The fraction of sp³-hybridized carbons (Fsp3) is 0.250. The molecule has 0 spiro atoms. The van der Waals surface area contributed by atoms with Gasteiger partial charge in [-0.15, -0.1) is 0 Å². The number of halogens is 1. The Morgan fingerprint density at radius 2 is 1.89 bits per heavy atom. The number of hydrogen-bond donors (Lipinski definition) is 2. The molecule has 0 aliphatic carbocycles. The second kappa shape index (κ2) is 8.08. The summed E-state index contributed by atoms with van der Waals surface area (Å²) in [4.78, 5) is 39.0. The number of para-hydroxylation sites is 1. The summed E-state index contributed by atoms with van der Waals surface area (Å²) in [6, 6.07) is 11.5. The number of hydrogen-bond acceptors (Lipinski definition) is 3. The van der Waals surface area contributed by atoms with Crippen LogP contribution < -0.4 is 16.0 Å². The maximum absolute atomic E-state index is 14.0. The molecular formula is C20H21FN4O3. The van der Waals surface area contributed by atoms with E-state index in [1.54, 1.807) is 49.5 Å². The predicted molar refractivity (Wildman–Crippen MR) is 102 cm³/mol. The van der Waals surface area contributed by atoms with Crippen molar-refractivity contribution in [2.75, 3.05) is 18.5 Å². The Labute approximate surface area is 161 Å². The van der Waals surface area contributed by atoms with Crippen LogP contribution in [0, 0.1) is 5.82 Å². The van der Waals surface area contributed by atoms with Gasteiger partial charge in [-0.25, -0.2) is 9.18 Å². The van der Waals surface area contributed by atoms with Gasteiger partial charge < -0.3 is 20.9 Å². The first kappa shape index (κ1) is 19.3. The number of benzene rings is 2. The smallest absolute Gasteiger partial charge is 0.312 e. The Bertz CT molecular complexity index is 901. The normalized spacial score (nSPS) is 16.1. The van der Waals surface area contributed by atoms with Crippen LogP contribution >= 0.6 is 0 Å². The van der Waals surface area contributed by atoms with Crippen LogP contribution in [-0.2, 0) is 11.3 Å². The Morgan fingerprint density at radius 3 is 2.54 bits per heavy atom. The first-order chi connectivity index (χ1) is 13.4. The molecule has 2 aromatic rings. The standard InChI is InChI=1S/C20H21FN4O3/c1-24(18(26)14-8-6-13(7-9-14)12-23-20(22)28)17-10-11-25(19(17)27)16-5-3-2-4-15(16)21/h2-9,17H,10-12H2,1H3,(H3,22,23,28). The van der Waals surface area contributed by atoms with Crippen LogP contribution in [0.15, 0.2) is 48.5 Å². The van der Waals surface area contributed by atoms with Crippen molar-refractivity contribution in [2.45, 2.75) is 19.0 Å². The topological polar surface area (TPSA) is 95.7 Å². The van der Waals surface area contributed by atoms with Gasteiger partial charge in [0.05, 0.1) is 5.69 Å². The van der Waals surface area contributed by atoms with Crippen molar-refractivity contribution in [1.82, 2.24) is 10.2 Å². The number of nitrogens with one attached hydrogen (secondary N) is 1. The molecule has 7 nitrogen and oxygen atoms in total. The Kier molecular flexibility index (Phi) is 5.58. The van der Waals surface area contributed by atoms with E-state index >= 15 is 0 Å². The Morgan fingerprint density at radius 1 is 1.21 bits per heavy atom. The van der Waals surface area contributed by atoms with Crippen LogP contribution in [0.25, 0.3) is 0 Å². The zero-order chi connectivity index (χ0) is 20.3. The summed E-state index contributed by atoms with van der Waals surface area (Å²) in [6.45, 7) is 0.609.